The number of fused-ring (bicyclic) bond motifs is 2. The van der Waals surface area contributed by atoms with Gasteiger partial charge < -0.3 is 10.5 Å². The molecule has 2 aliphatic rings. The maximum Gasteiger partial charge on any atom is 0.0707 e. The summed E-state index contributed by atoms with van der Waals surface area (Å²) in [7, 11) is 0. The third-order valence-electron chi connectivity index (χ3n) is 3.69. The van der Waals surface area contributed by atoms with Crippen LogP contribution < -0.4 is 5.73 Å². The van der Waals surface area contributed by atoms with Crippen LogP contribution >= 0.6 is 0 Å². The summed E-state index contributed by atoms with van der Waals surface area (Å²) < 4.78 is 5.81. The van der Waals surface area contributed by atoms with Gasteiger partial charge in [0.15, 0.2) is 0 Å². The summed E-state index contributed by atoms with van der Waals surface area (Å²) in [5, 5.41) is 0. The first-order valence-electron chi connectivity index (χ1n) is 6.36. The number of likely N-dealkylation sites (tertiary alicyclic amines) is 1. The molecule has 3 atom stereocenters. The summed E-state index contributed by atoms with van der Waals surface area (Å²) in [4.78, 5) is 2.58. The molecule has 3 nitrogen and oxygen atoms in total. The van der Waals surface area contributed by atoms with Crippen molar-refractivity contribution in [1.29, 1.82) is 0 Å². The van der Waals surface area contributed by atoms with Gasteiger partial charge in [0, 0.05) is 13.1 Å². The molecule has 0 aromatic heterocycles. The Kier molecular flexibility index (Phi) is 4.00. The molecule has 0 saturated carbocycles. The highest BCUT2D eigenvalue weighted by molar-refractivity contribution is 4.84. The molecule has 2 N–H and O–H groups in total. The molecule has 2 aliphatic heterocycles. The molecule has 0 radical (unpaired) electrons. The van der Waals surface area contributed by atoms with Crippen LogP contribution in [-0.4, -0.2) is 43.3 Å². The lowest BCUT2D eigenvalue weighted by Gasteiger charge is -2.32. The molecule has 3 unspecified atom stereocenters. The number of morpholine rings is 1. The van der Waals surface area contributed by atoms with E-state index in [0.29, 0.717) is 18.1 Å². The molecule has 15 heavy (non-hydrogen) atoms. The van der Waals surface area contributed by atoms with E-state index in [-0.39, 0.29) is 0 Å². The molecular formula is C12H24N2O. The number of hydrogen-bond donors (Lipinski definition) is 1. The van der Waals surface area contributed by atoms with Crippen LogP contribution in [0.1, 0.15) is 32.6 Å². The molecule has 88 valence electrons. The van der Waals surface area contributed by atoms with Gasteiger partial charge in [-0.3, -0.25) is 4.90 Å². The first-order chi connectivity index (χ1) is 7.28. The van der Waals surface area contributed by atoms with Crippen LogP contribution in [0.5, 0.6) is 0 Å². The molecular weight excluding hydrogens is 188 g/mol. The van der Waals surface area contributed by atoms with E-state index < -0.39 is 0 Å². The standard InChI is InChI=1S/C12H24N2O/c1-10(7-13)3-2-6-14-8-11-4-5-12(9-14)15-11/h10-12H,2-9,13H2,1H3. The van der Waals surface area contributed by atoms with Crippen LogP contribution in [0, 0.1) is 5.92 Å². The van der Waals surface area contributed by atoms with Gasteiger partial charge in [-0.15, -0.1) is 0 Å². The highest BCUT2D eigenvalue weighted by Gasteiger charge is 2.33. The zero-order chi connectivity index (χ0) is 10.7. The molecule has 2 rings (SSSR count). The molecule has 0 spiro atoms. The predicted octanol–water partition coefficient (Wildman–Crippen LogP) is 1.22. The Morgan fingerprint density at radius 3 is 2.60 bits per heavy atom. The Morgan fingerprint density at radius 1 is 1.33 bits per heavy atom. The van der Waals surface area contributed by atoms with Crippen LogP contribution in [0.3, 0.4) is 0 Å². The third kappa shape index (κ3) is 3.16. The summed E-state index contributed by atoms with van der Waals surface area (Å²) in [5.41, 5.74) is 5.61. The molecule has 0 aromatic rings. The highest BCUT2D eigenvalue weighted by Crippen LogP contribution is 2.26. The average Bonchev–Trinajstić information content (AvgIpc) is 2.58. The smallest absolute Gasteiger partial charge is 0.0707 e. The van der Waals surface area contributed by atoms with E-state index in [1.807, 2.05) is 0 Å². The van der Waals surface area contributed by atoms with Crippen molar-refractivity contribution in [1.82, 2.24) is 4.90 Å². The minimum Gasteiger partial charge on any atom is -0.372 e. The summed E-state index contributed by atoms with van der Waals surface area (Å²) in [6.45, 7) is 6.62. The van der Waals surface area contributed by atoms with Crippen molar-refractivity contribution in [3.63, 3.8) is 0 Å². The van der Waals surface area contributed by atoms with Gasteiger partial charge in [-0.1, -0.05) is 6.92 Å². The minimum absolute atomic E-state index is 0.538. The zero-order valence-corrected chi connectivity index (χ0v) is 9.82. The number of ether oxygens (including phenoxy) is 1. The fourth-order valence-electron chi connectivity index (χ4n) is 2.66. The van der Waals surface area contributed by atoms with Crippen LogP contribution in [0.4, 0.5) is 0 Å². The first kappa shape index (κ1) is 11.4. The van der Waals surface area contributed by atoms with Crippen LogP contribution in [0.15, 0.2) is 0 Å². The van der Waals surface area contributed by atoms with Gasteiger partial charge in [-0.25, -0.2) is 0 Å². The van der Waals surface area contributed by atoms with E-state index >= 15 is 0 Å². The SMILES string of the molecule is CC(CN)CCCN1CC2CCC(C1)O2. The summed E-state index contributed by atoms with van der Waals surface area (Å²) in [6.07, 6.45) is 6.19. The van der Waals surface area contributed by atoms with Crippen LogP contribution in [0.2, 0.25) is 0 Å². The second-order valence-electron chi connectivity index (χ2n) is 5.20. The van der Waals surface area contributed by atoms with Crippen LogP contribution in [-0.2, 0) is 4.74 Å². The number of nitrogens with two attached hydrogens (primary N) is 1. The molecule has 2 saturated heterocycles. The maximum absolute atomic E-state index is 5.81. The fourth-order valence-corrected chi connectivity index (χ4v) is 2.66. The lowest BCUT2D eigenvalue weighted by Crippen LogP contribution is -2.42. The van der Waals surface area contributed by atoms with Crippen molar-refractivity contribution in [2.24, 2.45) is 11.7 Å². The quantitative estimate of drug-likeness (QED) is 0.745. The van der Waals surface area contributed by atoms with Gasteiger partial charge in [-0.05, 0) is 44.7 Å². The molecule has 0 aromatic carbocycles. The topological polar surface area (TPSA) is 38.5 Å². The van der Waals surface area contributed by atoms with Gasteiger partial charge in [0.05, 0.1) is 12.2 Å². The largest absolute Gasteiger partial charge is 0.372 e. The van der Waals surface area contributed by atoms with Gasteiger partial charge in [0.25, 0.3) is 0 Å². The van der Waals surface area contributed by atoms with Crippen molar-refractivity contribution in [3.05, 3.63) is 0 Å². The maximum atomic E-state index is 5.81. The summed E-state index contributed by atoms with van der Waals surface area (Å²) >= 11 is 0. The molecule has 2 bridgehead atoms. The summed E-state index contributed by atoms with van der Waals surface area (Å²) in [6, 6.07) is 0. The zero-order valence-electron chi connectivity index (χ0n) is 9.82. The van der Waals surface area contributed by atoms with E-state index in [0.717, 1.165) is 19.6 Å². The van der Waals surface area contributed by atoms with Gasteiger partial charge in [0.1, 0.15) is 0 Å². The molecule has 0 aliphatic carbocycles. The van der Waals surface area contributed by atoms with Crippen molar-refractivity contribution >= 4 is 0 Å². The molecule has 0 amide bonds. The van der Waals surface area contributed by atoms with Gasteiger partial charge >= 0.3 is 0 Å². The van der Waals surface area contributed by atoms with Crippen molar-refractivity contribution in [2.75, 3.05) is 26.2 Å². The van der Waals surface area contributed by atoms with E-state index in [2.05, 4.69) is 11.8 Å². The number of nitrogens with zero attached hydrogens (tertiary/aromatic N) is 1. The number of rotatable bonds is 5. The van der Waals surface area contributed by atoms with Crippen LogP contribution in [0.25, 0.3) is 0 Å². The Morgan fingerprint density at radius 2 is 2.00 bits per heavy atom. The number of hydrogen-bond acceptors (Lipinski definition) is 3. The highest BCUT2D eigenvalue weighted by atomic mass is 16.5. The van der Waals surface area contributed by atoms with E-state index in [1.54, 1.807) is 0 Å². The van der Waals surface area contributed by atoms with E-state index in [9.17, 15) is 0 Å². The second kappa shape index (κ2) is 5.28. The predicted molar refractivity (Wildman–Crippen MR) is 61.8 cm³/mol. The Labute approximate surface area is 93.0 Å². The Hall–Kier alpha value is -0.120. The van der Waals surface area contributed by atoms with Gasteiger partial charge in [0.2, 0.25) is 0 Å². The molecule has 2 heterocycles. The monoisotopic (exact) mass is 212 g/mol. The van der Waals surface area contributed by atoms with Crippen molar-refractivity contribution in [2.45, 2.75) is 44.8 Å². The Bertz CT molecular complexity index is 186. The average molecular weight is 212 g/mol. The lowest BCUT2D eigenvalue weighted by atomic mass is 10.1. The van der Waals surface area contributed by atoms with E-state index in [4.69, 9.17) is 10.5 Å². The lowest BCUT2D eigenvalue weighted by molar-refractivity contribution is -0.0387. The van der Waals surface area contributed by atoms with Crippen molar-refractivity contribution in [3.8, 4) is 0 Å². The van der Waals surface area contributed by atoms with Gasteiger partial charge in [-0.2, -0.15) is 0 Å². The molecule has 3 heteroatoms. The molecule has 2 fully saturated rings. The third-order valence-corrected chi connectivity index (χ3v) is 3.69. The minimum atomic E-state index is 0.538. The Balaban J connectivity index is 1.63. The normalized spacial score (nSPS) is 33.2. The van der Waals surface area contributed by atoms with Crippen molar-refractivity contribution < 1.29 is 4.74 Å². The summed E-state index contributed by atoms with van der Waals surface area (Å²) in [5.74, 6) is 0.683. The first-order valence-corrected chi connectivity index (χ1v) is 6.36. The second-order valence-corrected chi connectivity index (χ2v) is 5.20. The van der Waals surface area contributed by atoms with E-state index in [1.165, 1.54) is 32.2 Å². The fraction of sp³-hybridized carbons (Fsp3) is 1.00.